The summed E-state index contributed by atoms with van der Waals surface area (Å²) < 4.78 is 76.9. The van der Waals surface area contributed by atoms with Crippen molar-refractivity contribution in [3.8, 4) is 0 Å². The van der Waals surface area contributed by atoms with Crippen molar-refractivity contribution >= 4 is 71.2 Å². The van der Waals surface area contributed by atoms with Crippen LogP contribution < -0.4 is 0 Å². The zero-order valence-corrected chi connectivity index (χ0v) is 25.9. The van der Waals surface area contributed by atoms with Gasteiger partial charge in [0.2, 0.25) is 0 Å². The lowest BCUT2D eigenvalue weighted by atomic mass is 11.3. The van der Waals surface area contributed by atoms with E-state index in [0.717, 1.165) is 0 Å². The lowest BCUT2D eigenvalue weighted by molar-refractivity contribution is -0.000447. The Morgan fingerprint density at radius 1 is 0.324 bits per heavy atom. The molecule has 0 atom stereocenters. The molecule has 0 aromatic heterocycles. The van der Waals surface area contributed by atoms with Crippen LogP contribution in [0.3, 0.4) is 0 Å². The van der Waals surface area contributed by atoms with Gasteiger partial charge in [-0.05, 0) is 39.9 Å². The Bertz CT molecular complexity index is 870. The Balaban J connectivity index is 1.88. The summed E-state index contributed by atoms with van der Waals surface area (Å²) in [5.41, 5.74) is 9.58. The van der Waals surface area contributed by atoms with Crippen LogP contribution in [0.25, 0.3) is 0 Å². The van der Waals surface area contributed by atoms with Crippen molar-refractivity contribution in [2.24, 2.45) is 0 Å². The highest BCUT2D eigenvalue weighted by atomic mass is 28.6. The highest BCUT2D eigenvalue weighted by Crippen LogP contribution is 2.47. The molecule has 0 N–H and O–H groups in total. The van der Waals surface area contributed by atoms with Crippen LogP contribution in [-0.2, 0) is 49.4 Å². The molecule has 6 heterocycles. The maximum atomic E-state index is 6.48. The van der Waals surface area contributed by atoms with Crippen LogP contribution in [0.1, 0.15) is 0 Å². The molecule has 0 aromatic carbocycles. The highest BCUT2D eigenvalue weighted by Gasteiger charge is 2.79. The number of hydrogen-bond donors (Lipinski definition) is 0. The van der Waals surface area contributed by atoms with Crippen LogP contribution >= 0.6 is 0 Å². The van der Waals surface area contributed by atoms with E-state index < -0.39 is 71.2 Å². The molecule has 34 heavy (non-hydrogen) atoms. The van der Waals surface area contributed by atoms with Gasteiger partial charge in [-0.1, -0.05) is 0 Å². The van der Waals surface area contributed by atoms with Crippen molar-refractivity contribution in [3.05, 3.63) is 85.9 Å². The minimum Gasteiger partial charge on any atom is -0.368 e. The summed E-state index contributed by atoms with van der Waals surface area (Å²) in [5, 5.41) is 0. The summed E-state index contributed by atoms with van der Waals surface area (Å²) in [5.74, 6) is 0. The Labute approximate surface area is 206 Å². The SMILES string of the molecule is C=C[Si]12O[Si]3O[Si]4(C=C)O[Si](C=C)(O1)O[Si]1(C=C)O[Si](C=C)(O2)O[Si](C=C)(O3)O[Si](C=C)(O4)O1. The van der Waals surface area contributed by atoms with Crippen LogP contribution in [0.15, 0.2) is 85.9 Å². The average molecular weight is 606 g/mol. The van der Waals surface area contributed by atoms with Gasteiger partial charge < -0.3 is 49.4 Å². The van der Waals surface area contributed by atoms with E-state index >= 15 is 0 Å². The van der Waals surface area contributed by atoms with E-state index in [2.05, 4.69) is 46.1 Å². The quantitative estimate of drug-likeness (QED) is 0.384. The molecule has 181 valence electrons. The molecule has 20 heteroatoms. The molecule has 0 spiro atoms. The van der Waals surface area contributed by atoms with Crippen LogP contribution in [0.2, 0.25) is 0 Å². The molecular weight excluding hydrogens is 585 g/mol. The fourth-order valence-corrected chi connectivity index (χ4v) is 40.6. The molecule has 12 nitrogen and oxygen atoms in total. The minimum absolute atomic E-state index is 1.36. The molecule has 6 rings (SSSR count). The smallest absolute Gasteiger partial charge is 0.368 e. The molecule has 0 aromatic rings. The second-order valence-corrected chi connectivity index (χ2v) is 28.7. The molecule has 6 aliphatic heterocycles. The van der Waals surface area contributed by atoms with Crippen molar-refractivity contribution in [2.75, 3.05) is 0 Å². The third kappa shape index (κ3) is 3.64. The maximum Gasteiger partial charge on any atom is 0.554 e. The summed E-state index contributed by atoms with van der Waals surface area (Å²) in [6.07, 6.45) is 0. The van der Waals surface area contributed by atoms with E-state index in [1.54, 1.807) is 0 Å². The Hall–Kier alpha value is -0.565. The van der Waals surface area contributed by atoms with Gasteiger partial charge in [0.25, 0.3) is 0 Å². The molecule has 6 aliphatic rings. The molecule has 6 saturated heterocycles. The summed E-state index contributed by atoms with van der Waals surface area (Å²) in [7, 11) is -30.8. The van der Waals surface area contributed by atoms with Gasteiger partial charge in [-0.15, -0.1) is 46.1 Å². The van der Waals surface area contributed by atoms with Gasteiger partial charge >= 0.3 is 71.2 Å². The summed E-state index contributed by atoms with van der Waals surface area (Å²) in [4.78, 5) is 0. The summed E-state index contributed by atoms with van der Waals surface area (Å²) in [6.45, 7) is 27.1. The first-order chi connectivity index (χ1) is 16.1. The normalized spacial score (nSPS) is 51.6. The van der Waals surface area contributed by atoms with Crippen molar-refractivity contribution in [1.82, 2.24) is 0 Å². The first-order valence-corrected chi connectivity index (χ1v) is 23.6. The second-order valence-electron chi connectivity index (χ2n) is 7.13. The third-order valence-corrected chi connectivity index (χ3v) is 34.4. The zero-order valence-electron chi connectivity index (χ0n) is 17.9. The van der Waals surface area contributed by atoms with Crippen LogP contribution in [0.4, 0.5) is 0 Å². The van der Waals surface area contributed by atoms with Crippen molar-refractivity contribution < 1.29 is 49.4 Å². The van der Waals surface area contributed by atoms with Crippen molar-refractivity contribution in [3.63, 3.8) is 0 Å². The molecule has 0 aliphatic carbocycles. The number of rotatable bonds is 7. The lowest BCUT2D eigenvalue weighted by Gasteiger charge is -2.58. The van der Waals surface area contributed by atoms with Gasteiger partial charge in [0.1, 0.15) is 0 Å². The molecule has 0 saturated carbocycles. The fraction of sp³-hybridized carbons (Fsp3) is 0. The van der Waals surface area contributed by atoms with Gasteiger partial charge in [0, 0.05) is 0 Å². The summed E-state index contributed by atoms with van der Waals surface area (Å²) >= 11 is 0. The minimum atomic E-state index is -4.05. The predicted octanol–water partition coefficient (Wildman–Crippen LogP) is 0.887. The summed E-state index contributed by atoms with van der Waals surface area (Å²) in [6, 6.07) is 0. The molecule has 8 bridgehead atoms. The third-order valence-electron chi connectivity index (χ3n) is 4.99. The van der Waals surface area contributed by atoms with E-state index in [4.69, 9.17) is 49.4 Å². The van der Waals surface area contributed by atoms with E-state index in [1.165, 1.54) is 39.9 Å². The topological polar surface area (TPSA) is 111 Å². The highest BCUT2D eigenvalue weighted by molar-refractivity contribution is 7.05. The van der Waals surface area contributed by atoms with E-state index in [1.807, 2.05) is 0 Å². The zero-order chi connectivity index (χ0) is 24.5. The first kappa shape index (κ1) is 25.1. The predicted molar refractivity (Wildman–Crippen MR) is 130 cm³/mol. The second kappa shape index (κ2) is 7.96. The molecule has 1 radical (unpaired) electrons. The fourth-order valence-electron chi connectivity index (χ4n) is 3.51. The van der Waals surface area contributed by atoms with Gasteiger partial charge in [0.15, 0.2) is 0 Å². The van der Waals surface area contributed by atoms with Crippen LogP contribution in [-0.4, -0.2) is 71.2 Å². The maximum absolute atomic E-state index is 6.48. The van der Waals surface area contributed by atoms with E-state index in [9.17, 15) is 0 Å². The average Bonchev–Trinajstić information content (AvgIpc) is 2.77. The van der Waals surface area contributed by atoms with E-state index in [0.29, 0.717) is 0 Å². The number of hydrogen-bond acceptors (Lipinski definition) is 12. The Morgan fingerprint density at radius 3 is 0.676 bits per heavy atom. The van der Waals surface area contributed by atoms with Crippen molar-refractivity contribution in [1.29, 1.82) is 0 Å². The standard InChI is InChI=1S/C14H21O12Si8/c1-8-28-15-27-16-29(9-2)20-31(11-4,18-28)24-34(14-7)25-32(12-5,19-28)21-30(10-3,17-27)23-33(13-6,22-29)26-34/h8-14H,1-7H2. The van der Waals surface area contributed by atoms with Gasteiger partial charge in [-0.25, -0.2) is 0 Å². The first-order valence-electron chi connectivity index (χ1n) is 9.78. The Kier molecular flexibility index (Phi) is 5.88. The van der Waals surface area contributed by atoms with Crippen LogP contribution in [0, 0.1) is 0 Å². The van der Waals surface area contributed by atoms with Gasteiger partial charge in [-0.3, -0.25) is 0 Å². The largest absolute Gasteiger partial charge is 0.554 e. The molecule has 0 amide bonds. The molecule has 0 unspecified atom stereocenters. The van der Waals surface area contributed by atoms with Crippen molar-refractivity contribution in [2.45, 2.75) is 0 Å². The van der Waals surface area contributed by atoms with Gasteiger partial charge in [-0.2, -0.15) is 0 Å². The van der Waals surface area contributed by atoms with E-state index in [-0.39, 0.29) is 0 Å². The molecular formula is C14H21O12Si8. The monoisotopic (exact) mass is 605 g/mol. The lowest BCUT2D eigenvalue weighted by Crippen LogP contribution is -2.85. The van der Waals surface area contributed by atoms with Gasteiger partial charge in [0.05, 0.1) is 0 Å². The van der Waals surface area contributed by atoms with Crippen LogP contribution in [0.5, 0.6) is 0 Å². The molecule has 6 fully saturated rings. The Morgan fingerprint density at radius 2 is 0.500 bits per heavy atom.